The van der Waals surface area contributed by atoms with Gasteiger partial charge in [0, 0.05) is 10.9 Å². The van der Waals surface area contributed by atoms with Crippen molar-refractivity contribution in [3.8, 4) is 5.75 Å². The second kappa shape index (κ2) is 6.95. The summed E-state index contributed by atoms with van der Waals surface area (Å²) in [6.07, 6.45) is 7.47. The summed E-state index contributed by atoms with van der Waals surface area (Å²) in [7, 11) is 0. The van der Waals surface area contributed by atoms with E-state index >= 15 is 0 Å². The highest BCUT2D eigenvalue weighted by Crippen LogP contribution is 2.49. The van der Waals surface area contributed by atoms with Crippen LogP contribution in [-0.4, -0.2) is 24.8 Å². The molecule has 120 valence electrons. The molecule has 0 saturated heterocycles. The zero-order chi connectivity index (χ0) is 15.5. The van der Waals surface area contributed by atoms with Crippen LogP contribution in [0.2, 0.25) is 0 Å². The van der Waals surface area contributed by atoms with E-state index in [2.05, 4.69) is 12.2 Å². The Morgan fingerprint density at radius 2 is 2.09 bits per heavy atom. The Bertz CT molecular complexity index is 516. The number of ether oxygens (including phenoxy) is 1. The maximum absolute atomic E-state index is 12.1. The van der Waals surface area contributed by atoms with Crippen molar-refractivity contribution in [3.63, 3.8) is 0 Å². The van der Waals surface area contributed by atoms with Crippen LogP contribution in [0.1, 0.15) is 32.6 Å². The predicted octanol–water partition coefficient (Wildman–Crippen LogP) is 3.73. The Labute approximate surface area is 137 Å². The van der Waals surface area contributed by atoms with Gasteiger partial charge in [-0.3, -0.25) is 4.79 Å². The maximum Gasteiger partial charge on any atom is 0.258 e. The molecule has 2 aliphatic rings. The van der Waals surface area contributed by atoms with Crippen LogP contribution >= 0.6 is 11.8 Å². The van der Waals surface area contributed by atoms with Gasteiger partial charge in [0.2, 0.25) is 0 Å². The minimum atomic E-state index is -0.00998. The number of benzene rings is 1. The van der Waals surface area contributed by atoms with E-state index in [0.717, 1.165) is 17.6 Å². The van der Waals surface area contributed by atoms with E-state index in [1.807, 2.05) is 30.5 Å². The number of carbonyl (C=O) groups is 1. The topological polar surface area (TPSA) is 38.3 Å². The summed E-state index contributed by atoms with van der Waals surface area (Å²) < 4.78 is 5.57. The highest BCUT2D eigenvalue weighted by atomic mass is 32.2. The number of hydrogen-bond donors (Lipinski definition) is 1. The van der Waals surface area contributed by atoms with Gasteiger partial charge < -0.3 is 10.1 Å². The lowest BCUT2D eigenvalue weighted by Crippen LogP contribution is -2.42. The molecule has 2 aliphatic carbocycles. The number of thioether (sulfide) groups is 1. The number of carbonyl (C=O) groups excluding carboxylic acids is 1. The number of hydrogen-bond acceptors (Lipinski definition) is 3. The van der Waals surface area contributed by atoms with Crippen molar-refractivity contribution in [2.24, 2.45) is 17.8 Å². The van der Waals surface area contributed by atoms with E-state index in [4.69, 9.17) is 4.74 Å². The minimum absolute atomic E-state index is 0.00998. The molecule has 1 N–H and O–H groups in total. The highest BCUT2D eigenvalue weighted by Gasteiger charge is 2.42. The second-order valence-corrected chi connectivity index (χ2v) is 7.54. The van der Waals surface area contributed by atoms with Crippen LogP contribution in [0.3, 0.4) is 0 Å². The van der Waals surface area contributed by atoms with Gasteiger partial charge in [-0.2, -0.15) is 0 Å². The number of nitrogens with one attached hydrogen (secondary N) is 1. The van der Waals surface area contributed by atoms with Crippen LogP contribution in [0.5, 0.6) is 5.75 Å². The van der Waals surface area contributed by atoms with Crippen LogP contribution < -0.4 is 10.1 Å². The molecule has 4 heteroatoms. The van der Waals surface area contributed by atoms with E-state index in [1.165, 1.54) is 30.6 Å². The molecular weight excluding hydrogens is 294 g/mol. The number of rotatable bonds is 6. The van der Waals surface area contributed by atoms with Crippen molar-refractivity contribution in [2.75, 3.05) is 12.9 Å². The zero-order valence-electron chi connectivity index (χ0n) is 13.4. The Balaban J connectivity index is 1.43. The van der Waals surface area contributed by atoms with Crippen LogP contribution in [-0.2, 0) is 4.79 Å². The molecule has 4 atom stereocenters. The summed E-state index contributed by atoms with van der Waals surface area (Å²) in [6.45, 7) is 2.25. The lowest BCUT2D eigenvalue weighted by molar-refractivity contribution is -0.124. The fourth-order valence-electron chi connectivity index (χ4n) is 4.13. The summed E-state index contributed by atoms with van der Waals surface area (Å²) in [6, 6.07) is 8.12. The van der Waals surface area contributed by atoms with Gasteiger partial charge in [0.1, 0.15) is 5.75 Å². The average Bonchev–Trinajstić information content (AvgIpc) is 3.16. The predicted molar refractivity (Wildman–Crippen MR) is 90.3 cm³/mol. The molecule has 0 heterocycles. The molecular formula is C18H25NO2S. The molecule has 1 amide bonds. The van der Waals surface area contributed by atoms with Gasteiger partial charge >= 0.3 is 0 Å². The summed E-state index contributed by atoms with van der Waals surface area (Å²) in [5, 5.41) is 3.13. The van der Waals surface area contributed by atoms with Crippen LogP contribution in [0.25, 0.3) is 0 Å². The molecule has 1 aromatic rings. The lowest BCUT2D eigenvalue weighted by atomic mass is 9.84. The van der Waals surface area contributed by atoms with Gasteiger partial charge in [-0.15, -0.1) is 11.8 Å². The van der Waals surface area contributed by atoms with Crippen LogP contribution in [0.15, 0.2) is 29.2 Å². The molecule has 3 nitrogen and oxygen atoms in total. The van der Waals surface area contributed by atoms with Crippen molar-refractivity contribution >= 4 is 17.7 Å². The quantitative estimate of drug-likeness (QED) is 0.812. The molecule has 22 heavy (non-hydrogen) atoms. The third kappa shape index (κ3) is 3.60. The minimum Gasteiger partial charge on any atom is -0.484 e. The van der Waals surface area contributed by atoms with Gasteiger partial charge in [-0.1, -0.05) is 6.42 Å². The molecule has 2 saturated carbocycles. The molecule has 3 rings (SSSR count). The summed E-state index contributed by atoms with van der Waals surface area (Å²) in [5.41, 5.74) is 0. The molecule has 0 spiro atoms. The SMILES string of the molecule is CSc1ccc(OCC(=O)NC(C)C2CC3CCC2C3)cc1. The van der Waals surface area contributed by atoms with Gasteiger partial charge in [0.15, 0.2) is 6.61 Å². The van der Waals surface area contributed by atoms with Crippen LogP contribution in [0.4, 0.5) is 0 Å². The summed E-state index contributed by atoms with van der Waals surface area (Å²) >= 11 is 1.70. The lowest BCUT2D eigenvalue weighted by Gasteiger charge is -2.28. The van der Waals surface area contributed by atoms with Crippen molar-refractivity contribution < 1.29 is 9.53 Å². The molecule has 1 aromatic carbocycles. The number of amides is 1. The summed E-state index contributed by atoms with van der Waals surface area (Å²) in [4.78, 5) is 13.3. The van der Waals surface area contributed by atoms with Crippen molar-refractivity contribution in [3.05, 3.63) is 24.3 Å². The smallest absolute Gasteiger partial charge is 0.258 e. The molecule has 0 aliphatic heterocycles. The first-order chi connectivity index (χ1) is 10.7. The normalized spacial score (nSPS) is 27.6. The zero-order valence-corrected chi connectivity index (χ0v) is 14.2. The molecule has 0 aromatic heterocycles. The Hall–Kier alpha value is -1.16. The monoisotopic (exact) mass is 319 g/mol. The van der Waals surface area contributed by atoms with Crippen LogP contribution in [0, 0.1) is 17.8 Å². The maximum atomic E-state index is 12.1. The fraction of sp³-hybridized carbons (Fsp3) is 0.611. The third-order valence-corrected chi connectivity index (χ3v) is 6.00. The third-order valence-electron chi connectivity index (χ3n) is 5.25. The first-order valence-electron chi connectivity index (χ1n) is 8.22. The van der Waals surface area contributed by atoms with E-state index in [1.54, 1.807) is 11.8 Å². The molecule has 4 unspecified atom stereocenters. The average molecular weight is 319 g/mol. The fourth-order valence-corrected chi connectivity index (χ4v) is 4.54. The van der Waals surface area contributed by atoms with Gasteiger partial charge in [-0.05, 0) is 74.5 Å². The van der Waals surface area contributed by atoms with E-state index in [9.17, 15) is 4.79 Å². The van der Waals surface area contributed by atoms with E-state index < -0.39 is 0 Å². The largest absolute Gasteiger partial charge is 0.484 e. The van der Waals surface area contributed by atoms with Gasteiger partial charge in [-0.25, -0.2) is 0 Å². The molecule has 0 radical (unpaired) electrons. The molecule has 2 bridgehead atoms. The molecule has 2 fully saturated rings. The first kappa shape index (κ1) is 15.7. The van der Waals surface area contributed by atoms with Crippen molar-refractivity contribution in [2.45, 2.75) is 43.5 Å². The van der Waals surface area contributed by atoms with E-state index in [0.29, 0.717) is 5.92 Å². The van der Waals surface area contributed by atoms with Crippen molar-refractivity contribution in [1.29, 1.82) is 0 Å². The van der Waals surface area contributed by atoms with Gasteiger partial charge in [0.25, 0.3) is 5.91 Å². The standard InChI is InChI=1S/C18H25NO2S/c1-12(17-10-13-3-4-14(17)9-13)19-18(20)11-21-15-5-7-16(22-2)8-6-15/h5-8,12-14,17H,3-4,9-11H2,1-2H3,(H,19,20). The Morgan fingerprint density at radius 3 is 2.68 bits per heavy atom. The Morgan fingerprint density at radius 1 is 1.32 bits per heavy atom. The summed E-state index contributed by atoms with van der Waals surface area (Å²) in [5.74, 6) is 3.16. The van der Waals surface area contributed by atoms with E-state index in [-0.39, 0.29) is 18.6 Å². The Kier molecular flexibility index (Phi) is 4.97. The second-order valence-electron chi connectivity index (χ2n) is 6.66. The van der Waals surface area contributed by atoms with Gasteiger partial charge in [0.05, 0.1) is 0 Å². The first-order valence-corrected chi connectivity index (χ1v) is 9.44. The van der Waals surface area contributed by atoms with Crippen molar-refractivity contribution in [1.82, 2.24) is 5.32 Å². The highest BCUT2D eigenvalue weighted by molar-refractivity contribution is 7.98. The number of fused-ring (bicyclic) bond motifs is 2.